The molecule has 0 bridgehead atoms. The van der Waals surface area contributed by atoms with Crippen molar-refractivity contribution in [2.75, 3.05) is 13.1 Å². The number of hydrogen-bond donors (Lipinski definition) is 1. The molecule has 1 aromatic heterocycles. The minimum Gasteiger partial charge on any atom is -0.491 e. The molecule has 0 saturated carbocycles. The molecule has 0 unspecified atom stereocenters. The van der Waals surface area contributed by atoms with E-state index in [-0.39, 0.29) is 35.9 Å². The molecule has 182 valence electrons. The van der Waals surface area contributed by atoms with Gasteiger partial charge >= 0.3 is 5.97 Å². The van der Waals surface area contributed by atoms with Crippen molar-refractivity contribution in [1.82, 2.24) is 14.1 Å². The van der Waals surface area contributed by atoms with E-state index in [4.69, 9.17) is 4.74 Å². The number of carboxylic acids is 1. The molecule has 8 nitrogen and oxygen atoms in total. The van der Waals surface area contributed by atoms with Crippen LogP contribution >= 0.6 is 0 Å². The number of carboxylic acid groups (broad SMARTS) is 1. The molecule has 1 aliphatic heterocycles. The smallest absolute Gasteiger partial charge is 0.309 e. The number of rotatable bonds is 8. The van der Waals surface area contributed by atoms with E-state index >= 15 is 0 Å². The van der Waals surface area contributed by atoms with Crippen molar-refractivity contribution in [2.24, 2.45) is 5.92 Å². The number of hydrogen-bond acceptors (Lipinski definition) is 5. The predicted molar refractivity (Wildman–Crippen MR) is 125 cm³/mol. The summed E-state index contributed by atoms with van der Waals surface area (Å²) in [5.74, 6) is -0.976. The molecule has 3 aromatic rings. The van der Waals surface area contributed by atoms with Crippen LogP contribution in [0.1, 0.15) is 38.9 Å². The Bertz CT molecular complexity index is 1300. The Morgan fingerprint density at radius 1 is 1.21 bits per heavy atom. The summed E-state index contributed by atoms with van der Waals surface area (Å²) >= 11 is 0. The standard InChI is InChI=1S/C24H28FN3O5S/c1-4-16-13-27(34(31,32)19-8-6-18(7-9-19)33-15(2)3)14-23(16)28-22-11-17(25)5-10-20(22)21(26-28)12-24(29)30/h5-11,15-16,23H,4,12-14H2,1-3H3,(H,29,30)/t16-,23+/m1/s1. The molecular weight excluding hydrogens is 461 g/mol. The van der Waals surface area contributed by atoms with E-state index in [1.165, 1.54) is 34.6 Å². The first-order chi connectivity index (χ1) is 16.1. The summed E-state index contributed by atoms with van der Waals surface area (Å²) in [5.41, 5.74) is 0.800. The van der Waals surface area contributed by atoms with E-state index in [1.807, 2.05) is 20.8 Å². The molecule has 1 aliphatic rings. The highest BCUT2D eigenvalue weighted by atomic mass is 32.2. The number of benzene rings is 2. The third-order valence-electron chi connectivity index (χ3n) is 6.11. The normalized spacial score (nSPS) is 19.2. The Hall–Kier alpha value is -2.98. The Morgan fingerprint density at radius 3 is 2.53 bits per heavy atom. The van der Waals surface area contributed by atoms with E-state index in [2.05, 4.69) is 5.10 Å². The van der Waals surface area contributed by atoms with Crippen LogP contribution in [0.4, 0.5) is 4.39 Å². The molecule has 2 heterocycles. The third kappa shape index (κ3) is 4.65. The first kappa shape index (κ1) is 24.2. The topological polar surface area (TPSA) is 102 Å². The van der Waals surface area contributed by atoms with Crippen LogP contribution < -0.4 is 4.74 Å². The Balaban J connectivity index is 1.67. The third-order valence-corrected chi connectivity index (χ3v) is 7.96. The van der Waals surface area contributed by atoms with Gasteiger partial charge in [-0.1, -0.05) is 6.92 Å². The SMILES string of the molecule is CC[C@@H]1CN(S(=O)(=O)c2ccc(OC(C)C)cc2)C[C@@H]1n1nc(CC(=O)O)c2ccc(F)cc21. The molecule has 10 heteroatoms. The largest absolute Gasteiger partial charge is 0.491 e. The lowest BCUT2D eigenvalue weighted by Crippen LogP contribution is -2.29. The summed E-state index contributed by atoms with van der Waals surface area (Å²) in [5, 5.41) is 14.3. The molecule has 1 N–H and O–H groups in total. The average molecular weight is 490 g/mol. The lowest BCUT2D eigenvalue weighted by Gasteiger charge is -2.18. The number of halogens is 1. The number of sulfonamides is 1. The minimum atomic E-state index is -3.77. The van der Waals surface area contributed by atoms with Crippen LogP contribution in [0.15, 0.2) is 47.4 Å². The van der Waals surface area contributed by atoms with E-state index in [0.29, 0.717) is 35.3 Å². The van der Waals surface area contributed by atoms with Gasteiger partial charge in [-0.2, -0.15) is 9.40 Å². The molecule has 1 saturated heterocycles. The number of aliphatic carboxylic acids is 1. The highest BCUT2D eigenvalue weighted by Gasteiger charge is 2.40. The van der Waals surface area contributed by atoms with Crippen molar-refractivity contribution in [2.45, 2.75) is 50.7 Å². The second-order valence-electron chi connectivity index (χ2n) is 8.82. The van der Waals surface area contributed by atoms with Crippen molar-refractivity contribution >= 4 is 26.9 Å². The van der Waals surface area contributed by atoms with E-state index in [9.17, 15) is 22.7 Å². The van der Waals surface area contributed by atoms with Crippen LogP contribution in [0.3, 0.4) is 0 Å². The van der Waals surface area contributed by atoms with Crippen LogP contribution in [-0.2, 0) is 21.2 Å². The number of nitrogens with zero attached hydrogens (tertiary/aromatic N) is 3. The summed E-state index contributed by atoms with van der Waals surface area (Å²) in [6, 6.07) is 10.1. The van der Waals surface area contributed by atoms with Gasteiger partial charge in [-0.05, 0) is 68.7 Å². The maximum atomic E-state index is 14.1. The molecule has 0 radical (unpaired) electrons. The van der Waals surface area contributed by atoms with Gasteiger partial charge in [-0.25, -0.2) is 12.8 Å². The number of carbonyl (C=O) groups is 1. The fourth-order valence-electron chi connectivity index (χ4n) is 4.50. The van der Waals surface area contributed by atoms with Gasteiger partial charge in [0, 0.05) is 18.5 Å². The molecule has 0 aliphatic carbocycles. The van der Waals surface area contributed by atoms with Crippen LogP contribution in [0, 0.1) is 11.7 Å². The molecule has 2 aromatic carbocycles. The molecule has 4 rings (SSSR count). The second-order valence-corrected chi connectivity index (χ2v) is 10.8. The highest BCUT2D eigenvalue weighted by Crippen LogP contribution is 2.36. The monoisotopic (exact) mass is 489 g/mol. The fourth-order valence-corrected chi connectivity index (χ4v) is 6.02. The molecule has 0 amide bonds. The molecule has 2 atom stereocenters. The first-order valence-corrected chi connectivity index (χ1v) is 12.7. The van der Waals surface area contributed by atoms with Crippen molar-refractivity contribution in [3.63, 3.8) is 0 Å². The van der Waals surface area contributed by atoms with Gasteiger partial charge in [-0.15, -0.1) is 0 Å². The van der Waals surface area contributed by atoms with E-state index < -0.39 is 21.8 Å². The minimum absolute atomic E-state index is 0.0214. The molecule has 34 heavy (non-hydrogen) atoms. The van der Waals surface area contributed by atoms with Gasteiger partial charge in [0.2, 0.25) is 10.0 Å². The van der Waals surface area contributed by atoms with Gasteiger partial charge in [0.1, 0.15) is 11.6 Å². The number of aromatic nitrogens is 2. The van der Waals surface area contributed by atoms with Crippen LogP contribution in [0.25, 0.3) is 10.9 Å². The zero-order valence-corrected chi connectivity index (χ0v) is 20.1. The zero-order chi connectivity index (χ0) is 24.6. The summed E-state index contributed by atoms with van der Waals surface area (Å²) < 4.78 is 49.5. The second kappa shape index (κ2) is 9.34. The first-order valence-electron chi connectivity index (χ1n) is 11.3. The lowest BCUT2D eigenvalue weighted by atomic mass is 10.0. The Labute approximate surface area is 198 Å². The number of fused-ring (bicyclic) bond motifs is 1. The van der Waals surface area contributed by atoms with E-state index in [1.54, 1.807) is 16.8 Å². The summed E-state index contributed by atoms with van der Waals surface area (Å²) in [4.78, 5) is 11.5. The maximum Gasteiger partial charge on any atom is 0.309 e. The summed E-state index contributed by atoms with van der Waals surface area (Å²) in [6.07, 6.45) is 0.362. The van der Waals surface area contributed by atoms with E-state index in [0.717, 1.165) is 0 Å². The predicted octanol–water partition coefficient (Wildman–Crippen LogP) is 3.86. The van der Waals surface area contributed by atoms with Crippen molar-refractivity contribution in [3.8, 4) is 5.75 Å². The molecule has 1 fully saturated rings. The molecule has 0 spiro atoms. The van der Waals surface area contributed by atoms with Gasteiger partial charge in [0.25, 0.3) is 0 Å². The number of ether oxygens (including phenoxy) is 1. The quantitative estimate of drug-likeness (QED) is 0.516. The Morgan fingerprint density at radius 2 is 1.91 bits per heavy atom. The summed E-state index contributed by atoms with van der Waals surface area (Å²) in [6.45, 7) is 6.21. The van der Waals surface area contributed by atoms with Crippen LogP contribution in [0.2, 0.25) is 0 Å². The van der Waals surface area contributed by atoms with Gasteiger partial charge in [0.15, 0.2) is 0 Å². The van der Waals surface area contributed by atoms with Crippen LogP contribution in [0.5, 0.6) is 5.75 Å². The zero-order valence-electron chi connectivity index (χ0n) is 19.3. The molecular formula is C24H28FN3O5S. The average Bonchev–Trinajstić information content (AvgIpc) is 3.35. The summed E-state index contributed by atoms with van der Waals surface area (Å²) in [7, 11) is -3.77. The lowest BCUT2D eigenvalue weighted by molar-refractivity contribution is -0.136. The van der Waals surface area contributed by atoms with Crippen molar-refractivity contribution in [3.05, 3.63) is 54.0 Å². The van der Waals surface area contributed by atoms with Crippen molar-refractivity contribution < 1.29 is 27.4 Å². The highest BCUT2D eigenvalue weighted by molar-refractivity contribution is 7.89. The fraction of sp³-hybridized carbons (Fsp3) is 0.417. The maximum absolute atomic E-state index is 14.1. The van der Waals surface area contributed by atoms with Crippen LogP contribution in [-0.4, -0.2) is 52.8 Å². The van der Waals surface area contributed by atoms with Crippen molar-refractivity contribution in [1.29, 1.82) is 0 Å². The van der Waals surface area contributed by atoms with Gasteiger partial charge in [0.05, 0.1) is 34.7 Å². The van der Waals surface area contributed by atoms with Gasteiger partial charge < -0.3 is 9.84 Å². The van der Waals surface area contributed by atoms with Gasteiger partial charge in [-0.3, -0.25) is 9.48 Å². The Kier molecular flexibility index (Phi) is 6.64.